The standard InChI is InChI=1S/C21H21N5O4/c1-3-13-7-9-15(10-8-13)26-20(28)18-19(21(26)29)25(24-23-18)12-17(27)22-14-5-4-6-16(11-14)30-2/h4-11,18-19H,3,12H2,1-2H3,(H,22,27)/t18-,19-/m1/s1. The van der Waals surface area contributed by atoms with Crippen LogP contribution in [0.3, 0.4) is 0 Å². The Labute approximate surface area is 173 Å². The van der Waals surface area contributed by atoms with E-state index in [1.165, 1.54) is 12.1 Å². The van der Waals surface area contributed by atoms with Crippen LogP contribution in [0.4, 0.5) is 11.4 Å². The second-order valence-electron chi connectivity index (χ2n) is 7.00. The average Bonchev–Trinajstić information content (AvgIpc) is 3.27. The summed E-state index contributed by atoms with van der Waals surface area (Å²) in [6, 6.07) is 12.3. The van der Waals surface area contributed by atoms with Crippen molar-refractivity contribution in [3.05, 3.63) is 54.1 Å². The Bertz CT molecular complexity index is 1020. The molecule has 0 saturated carbocycles. The number of carbonyl (C=O) groups is 3. The van der Waals surface area contributed by atoms with Gasteiger partial charge in [-0.25, -0.2) is 4.90 Å². The van der Waals surface area contributed by atoms with E-state index in [4.69, 9.17) is 4.74 Å². The molecule has 3 amide bonds. The Morgan fingerprint density at radius 1 is 1.13 bits per heavy atom. The number of anilines is 2. The minimum absolute atomic E-state index is 0.205. The molecule has 4 rings (SSSR count). The van der Waals surface area contributed by atoms with Crippen LogP contribution < -0.4 is 15.0 Å². The molecule has 2 atom stereocenters. The minimum atomic E-state index is -0.937. The quantitative estimate of drug-likeness (QED) is 0.740. The summed E-state index contributed by atoms with van der Waals surface area (Å²) in [7, 11) is 1.54. The van der Waals surface area contributed by atoms with Gasteiger partial charge in [0, 0.05) is 11.8 Å². The summed E-state index contributed by atoms with van der Waals surface area (Å²) in [6.45, 7) is 1.82. The molecule has 2 aliphatic rings. The summed E-state index contributed by atoms with van der Waals surface area (Å²) in [4.78, 5) is 39.3. The number of hydrogen-bond donors (Lipinski definition) is 1. The van der Waals surface area contributed by atoms with Gasteiger partial charge in [-0.2, -0.15) is 5.11 Å². The molecule has 2 aromatic rings. The lowest BCUT2D eigenvalue weighted by Gasteiger charge is -2.20. The SMILES string of the molecule is CCc1ccc(N2C(=O)[C@@H]3N=NN(CC(=O)Nc4cccc(OC)c4)[C@H]3C2=O)cc1. The van der Waals surface area contributed by atoms with Crippen LogP contribution in [0.5, 0.6) is 5.75 Å². The van der Waals surface area contributed by atoms with Gasteiger partial charge in [0.25, 0.3) is 11.8 Å². The molecule has 0 aromatic heterocycles. The first-order valence-corrected chi connectivity index (χ1v) is 9.60. The van der Waals surface area contributed by atoms with Crippen molar-refractivity contribution in [3.8, 4) is 5.75 Å². The van der Waals surface area contributed by atoms with Crippen molar-refractivity contribution in [2.45, 2.75) is 25.4 Å². The van der Waals surface area contributed by atoms with E-state index in [1.54, 1.807) is 36.4 Å². The van der Waals surface area contributed by atoms with Crippen LogP contribution in [-0.4, -0.2) is 48.5 Å². The number of nitrogens with one attached hydrogen (secondary N) is 1. The Balaban J connectivity index is 1.46. The maximum Gasteiger partial charge on any atom is 0.263 e. The molecule has 2 aromatic carbocycles. The van der Waals surface area contributed by atoms with E-state index in [-0.39, 0.29) is 12.5 Å². The first-order chi connectivity index (χ1) is 14.5. The number of aryl methyl sites for hydroxylation is 1. The summed E-state index contributed by atoms with van der Waals surface area (Å²) in [5.41, 5.74) is 2.15. The molecule has 9 nitrogen and oxygen atoms in total. The van der Waals surface area contributed by atoms with Crippen molar-refractivity contribution >= 4 is 29.1 Å². The smallest absolute Gasteiger partial charge is 0.263 e. The van der Waals surface area contributed by atoms with Crippen molar-refractivity contribution < 1.29 is 19.1 Å². The van der Waals surface area contributed by atoms with Gasteiger partial charge in [-0.3, -0.25) is 19.4 Å². The number of methoxy groups -OCH3 is 1. The fourth-order valence-corrected chi connectivity index (χ4v) is 3.54. The molecule has 9 heteroatoms. The topological polar surface area (TPSA) is 104 Å². The van der Waals surface area contributed by atoms with E-state index < -0.39 is 23.9 Å². The third kappa shape index (κ3) is 3.49. The van der Waals surface area contributed by atoms with E-state index in [1.807, 2.05) is 19.1 Å². The summed E-state index contributed by atoms with van der Waals surface area (Å²) >= 11 is 0. The molecule has 0 aliphatic carbocycles. The molecule has 0 radical (unpaired) electrons. The third-order valence-corrected chi connectivity index (χ3v) is 5.12. The zero-order valence-electron chi connectivity index (χ0n) is 16.6. The van der Waals surface area contributed by atoms with Gasteiger partial charge in [-0.15, -0.1) is 0 Å². The maximum absolute atomic E-state index is 13.0. The Hall–Kier alpha value is -3.75. The van der Waals surface area contributed by atoms with E-state index in [2.05, 4.69) is 15.7 Å². The second kappa shape index (κ2) is 7.94. The Morgan fingerprint density at radius 2 is 1.90 bits per heavy atom. The second-order valence-corrected chi connectivity index (χ2v) is 7.00. The summed E-state index contributed by atoms with van der Waals surface area (Å²) in [6.07, 6.45) is 0.859. The molecule has 1 fully saturated rings. The summed E-state index contributed by atoms with van der Waals surface area (Å²) in [5.74, 6) is -0.647. The minimum Gasteiger partial charge on any atom is -0.497 e. The molecule has 1 saturated heterocycles. The van der Waals surface area contributed by atoms with Gasteiger partial charge in [-0.1, -0.05) is 30.3 Å². The number of amides is 3. The highest BCUT2D eigenvalue weighted by Gasteiger charge is 2.55. The largest absolute Gasteiger partial charge is 0.497 e. The highest BCUT2D eigenvalue weighted by Crippen LogP contribution is 2.32. The van der Waals surface area contributed by atoms with E-state index >= 15 is 0 Å². The van der Waals surface area contributed by atoms with Crippen LogP contribution >= 0.6 is 0 Å². The predicted molar refractivity (Wildman–Crippen MR) is 109 cm³/mol. The van der Waals surface area contributed by atoms with Gasteiger partial charge in [0.15, 0.2) is 12.1 Å². The van der Waals surface area contributed by atoms with Gasteiger partial charge in [-0.05, 0) is 36.2 Å². The van der Waals surface area contributed by atoms with Gasteiger partial charge in [0.05, 0.1) is 12.8 Å². The number of nitrogens with zero attached hydrogens (tertiary/aromatic N) is 4. The highest BCUT2D eigenvalue weighted by molar-refractivity contribution is 6.25. The fraction of sp³-hybridized carbons (Fsp3) is 0.286. The van der Waals surface area contributed by atoms with Crippen LogP contribution in [0.25, 0.3) is 0 Å². The van der Waals surface area contributed by atoms with E-state index in [0.717, 1.165) is 16.9 Å². The normalized spacial score (nSPS) is 19.9. The number of ether oxygens (including phenoxy) is 1. The van der Waals surface area contributed by atoms with Crippen LogP contribution in [0, 0.1) is 0 Å². The molecular weight excluding hydrogens is 386 g/mol. The molecule has 0 spiro atoms. The number of imide groups is 1. The molecule has 2 heterocycles. The first-order valence-electron chi connectivity index (χ1n) is 9.60. The predicted octanol–water partition coefficient (Wildman–Crippen LogP) is 2.19. The Morgan fingerprint density at radius 3 is 2.60 bits per heavy atom. The van der Waals surface area contributed by atoms with Crippen molar-refractivity contribution in [1.82, 2.24) is 5.01 Å². The molecule has 30 heavy (non-hydrogen) atoms. The van der Waals surface area contributed by atoms with Gasteiger partial charge < -0.3 is 10.1 Å². The third-order valence-electron chi connectivity index (χ3n) is 5.12. The molecular formula is C21H21N5O4. The maximum atomic E-state index is 13.0. The summed E-state index contributed by atoms with van der Waals surface area (Å²) < 4.78 is 5.14. The van der Waals surface area contributed by atoms with Crippen LogP contribution in [0.2, 0.25) is 0 Å². The number of hydrogen-bond acceptors (Lipinski definition) is 7. The molecule has 0 unspecified atom stereocenters. The first kappa shape index (κ1) is 19.6. The van der Waals surface area contributed by atoms with E-state index in [9.17, 15) is 14.4 Å². The molecule has 0 bridgehead atoms. The monoisotopic (exact) mass is 407 g/mol. The van der Waals surface area contributed by atoms with Crippen LogP contribution in [-0.2, 0) is 20.8 Å². The molecule has 154 valence electrons. The zero-order valence-corrected chi connectivity index (χ0v) is 16.6. The lowest BCUT2D eigenvalue weighted by atomic mass is 10.1. The van der Waals surface area contributed by atoms with Crippen molar-refractivity contribution in [1.29, 1.82) is 0 Å². The van der Waals surface area contributed by atoms with Crippen LogP contribution in [0.1, 0.15) is 12.5 Å². The zero-order chi connectivity index (χ0) is 21.3. The Kier molecular flexibility index (Phi) is 5.18. The number of fused-ring (bicyclic) bond motifs is 1. The lowest BCUT2D eigenvalue weighted by molar-refractivity contribution is -0.123. The lowest BCUT2D eigenvalue weighted by Crippen LogP contribution is -2.43. The van der Waals surface area contributed by atoms with Gasteiger partial charge in [0.1, 0.15) is 12.3 Å². The van der Waals surface area contributed by atoms with Crippen molar-refractivity contribution in [2.24, 2.45) is 10.3 Å². The molecule has 1 N–H and O–H groups in total. The fourth-order valence-electron chi connectivity index (χ4n) is 3.54. The highest BCUT2D eigenvalue weighted by atomic mass is 16.5. The van der Waals surface area contributed by atoms with Crippen molar-refractivity contribution in [2.75, 3.05) is 23.9 Å². The van der Waals surface area contributed by atoms with Crippen molar-refractivity contribution in [3.63, 3.8) is 0 Å². The van der Waals surface area contributed by atoms with Crippen LogP contribution in [0.15, 0.2) is 58.9 Å². The molecule has 2 aliphatic heterocycles. The van der Waals surface area contributed by atoms with Gasteiger partial charge >= 0.3 is 0 Å². The summed E-state index contributed by atoms with van der Waals surface area (Å²) in [5, 5.41) is 11.8. The average molecular weight is 407 g/mol. The number of carbonyl (C=O) groups excluding carboxylic acids is 3. The number of benzene rings is 2. The van der Waals surface area contributed by atoms with E-state index in [0.29, 0.717) is 17.1 Å². The van der Waals surface area contributed by atoms with Gasteiger partial charge in [0.2, 0.25) is 5.91 Å². The number of rotatable bonds is 6.